The molecule has 0 bridgehead atoms. The van der Waals surface area contributed by atoms with Crippen molar-refractivity contribution in [3.05, 3.63) is 12.2 Å². The van der Waals surface area contributed by atoms with Crippen molar-refractivity contribution in [2.45, 2.75) is 96.3 Å². The number of imide groups is 2. The highest BCUT2D eigenvalue weighted by atomic mass is 32.2. The maximum atomic E-state index is 13.2. The predicted molar refractivity (Wildman–Crippen MR) is 157 cm³/mol. The van der Waals surface area contributed by atoms with Gasteiger partial charge in [0.2, 0.25) is 11.8 Å². The summed E-state index contributed by atoms with van der Waals surface area (Å²) in [6.45, 7) is 11.8. The third-order valence-electron chi connectivity index (χ3n) is 6.34. The average Bonchev–Trinajstić information content (AvgIpc) is 3.25. The quantitative estimate of drug-likeness (QED) is 0.105. The van der Waals surface area contributed by atoms with Crippen LogP contribution in [-0.2, 0) is 46.6 Å². The minimum absolute atomic E-state index is 0.0741. The van der Waals surface area contributed by atoms with Crippen molar-refractivity contribution < 1.29 is 56.4 Å². The molecule has 0 aromatic carbocycles. The number of carbonyl (C=O) groups excluding carboxylic acids is 4. The van der Waals surface area contributed by atoms with E-state index in [0.29, 0.717) is 0 Å². The summed E-state index contributed by atoms with van der Waals surface area (Å²) in [5, 5.41) is -2.52. The second kappa shape index (κ2) is 13.9. The monoisotopic (exact) mass is 671 g/mol. The molecule has 2 heterocycles. The molecule has 0 aromatic heterocycles. The minimum Gasteiger partial charge on any atom is -0.363 e. The van der Waals surface area contributed by atoms with Crippen molar-refractivity contribution in [2.24, 2.45) is 0 Å². The zero-order chi connectivity index (χ0) is 33.2. The Labute approximate surface area is 256 Å². The number of likely N-dealkylation sites (tertiary alicyclic amines) is 1. The summed E-state index contributed by atoms with van der Waals surface area (Å²) < 4.78 is 48.5. The summed E-state index contributed by atoms with van der Waals surface area (Å²) in [6, 6.07) is 0. The van der Waals surface area contributed by atoms with Crippen LogP contribution in [0, 0.1) is 0 Å². The number of phosphoric ester groups is 1. The molecule has 0 aliphatic carbocycles. The van der Waals surface area contributed by atoms with Crippen molar-refractivity contribution in [3.8, 4) is 0 Å². The number of carbonyl (C=O) groups is 4. The summed E-state index contributed by atoms with van der Waals surface area (Å²) in [5.74, 6) is -2.00. The number of hydrogen-bond donors (Lipinski definition) is 2. The Morgan fingerprint density at radius 1 is 0.977 bits per heavy atom. The van der Waals surface area contributed by atoms with Crippen molar-refractivity contribution in [2.75, 3.05) is 26.7 Å². The van der Waals surface area contributed by atoms with E-state index in [2.05, 4.69) is 0 Å². The van der Waals surface area contributed by atoms with E-state index in [1.807, 2.05) is 0 Å². The topological polar surface area (TPSA) is 190 Å². The summed E-state index contributed by atoms with van der Waals surface area (Å²) in [7, 11) is -7.32. The zero-order valence-electron chi connectivity index (χ0n) is 26.0. The summed E-state index contributed by atoms with van der Waals surface area (Å²) in [5.41, 5.74) is -2.10. The number of hydrogen-bond acceptors (Lipinski definition) is 12. The molecule has 2 aliphatic heterocycles. The first-order valence-electron chi connectivity index (χ1n) is 13.5. The molecule has 43 heavy (non-hydrogen) atoms. The second-order valence-corrected chi connectivity index (χ2v) is 17.2. The molecule has 0 spiro atoms. The molecule has 15 nitrogen and oxygen atoms in total. The van der Waals surface area contributed by atoms with Gasteiger partial charge in [-0.3, -0.25) is 47.1 Å². The number of nitrogens with zero attached hydrogens (tertiary/aromatic N) is 3. The lowest BCUT2D eigenvalue weighted by Gasteiger charge is -2.35. The maximum absolute atomic E-state index is 13.2. The Morgan fingerprint density at radius 2 is 1.51 bits per heavy atom. The highest BCUT2D eigenvalue weighted by Crippen LogP contribution is 2.57. The Kier molecular flexibility index (Phi) is 12.2. The average molecular weight is 672 g/mol. The molecule has 2 aliphatic rings. The molecule has 2 rings (SSSR count). The van der Waals surface area contributed by atoms with E-state index in [0.717, 1.165) is 33.9 Å². The summed E-state index contributed by atoms with van der Waals surface area (Å²) in [4.78, 5) is 71.6. The number of ether oxygens (including phenoxy) is 1. The first-order chi connectivity index (χ1) is 19.4. The highest BCUT2D eigenvalue weighted by Gasteiger charge is 2.46. The fourth-order valence-electron chi connectivity index (χ4n) is 3.86. The third kappa shape index (κ3) is 10.8. The first kappa shape index (κ1) is 37.7. The molecule has 0 aromatic rings. The van der Waals surface area contributed by atoms with E-state index in [1.54, 1.807) is 34.6 Å². The van der Waals surface area contributed by atoms with Gasteiger partial charge in [0.1, 0.15) is 11.5 Å². The smallest absolute Gasteiger partial charge is 0.363 e. The lowest BCUT2D eigenvalue weighted by molar-refractivity contribution is -0.142. The van der Waals surface area contributed by atoms with Gasteiger partial charge in [0.05, 0.1) is 17.8 Å². The molecule has 18 heteroatoms. The van der Waals surface area contributed by atoms with Crippen molar-refractivity contribution in [3.63, 3.8) is 0 Å². The lowest BCUT2D eigenvalue weighted by atomic mass is 10.1. The van der Waals surface area contributed by atoms with E-state index in [4.69, 9.17) is 18.3 Å². The van der Waals surface area contributed by atoms with E-state index in [1.165, 1.54) is 32.1 Å². The van der Waals surface area contributed by atoms with E-state index in [9.17, 15) is 38.1 Å². The van der Waals surface area contributed by atoms with Gasteiger partial charge in [-0.1, -0.05) is 11.9 Å². The molecule has 1 saturated heterocycles. The molecule has 4 amide bonds. The second-order valence-electron chi connectivity index (χ2n) is 12.2. The van der Waals surface area contributed by atoms with Gasteiger partial charge >= 0.3 is 15.4 Å². The largest absolute Gasteiger partial charge is 0.473 e. The van der Waals surface area contributed by atoms with Crippen LogP contribution in [0.3, 0.4) is 0 Å². The van der Waals surface area contributed by atoms with Crippen LogP contribution in [0.2, 0.25) is 0 Å². The molecule has 4 atom stereocenters. The van der Waals surface area contributed by atoms with Crippen LogP contribution in [0.4, 0.5) is 0 Å². The Bertz CT molecular complexity index is 1200. The van der Waals surface area contributed by atoms with Crippen LogP contribution >= 0.6 is 27.4 Å². The molecule has 2 N–H and O–H groups in total. The molecule has 0 radical (unpaired) electrons. The van der Waals surface area contributed by atoms with Crippen molar-refractivity contribution in [1.82, 2.24) is 14.1 Å². The third-order valence-corrected chi connectivity index (χ3v) is 11.2. The van der Waals surface area contributed by atoms with Gasteiger partial charge in [0.15, 0.2) is 5.34 Å². The van der Waals surface area contributed by atoms with E-state index < -0.39 is 67.1 Å². The molecular formula is C25H43N3O12P2S. The van der Waals surface area contributed by atoms with Crippen LogP contribution in [0.15, 0.2) is 12.2 Å². The fourth-order valence-corrected chi connectivity index (χ4v) is 7.48. The van der Waals surface area contributed by atoms with Gasteiger partial charge in [-0.05, 0) is 61.8 Å². The van der Waals surface area contributed by atoms with E-state index in [-0.39, 0.29) is 32.5 Å². The van der Waals surface area contributed by atoms with E-state index >= 15 is 0 Å². The Balaban J connectivity index is 1.89. The van der Waals surface area contributed by atoms with Crippen LogP contribution in [0.5, 0.6) is 0 Å². The number of phosphoric acid groups is 1. The van der Waals surface area contributed by atoms with Gasteiger partial charge in [-0.2, -0.15) is 0 Å². The minimum atomic E-state index is -4.46. The van der Waals surface area contributed by atoms with Crippen LogP contribution in [0.25, 0.3) is 0 Å². The van der Waals surface area contributed by atoms with Crippen molar-refractivity contribution in [1.29, 1.82) is 0 Å². The van der Waals surface area contributed by atoms with Crippen LogP contribution in [0.1, 0.15) is 68.2 Å². The molecule has 0 saturated carbocycles. The maximum Gasteiger partial charge on any atom is 0.473 e. The fraction of sp³-hybridized carbons (Fsp3) is 0.760. The van der Waals surface area contributed by atoms with Gasteiger partial charge in [0, 0.05) is 38.7 Å². The summed E-state index contributed by atoms with van der Waals surface area (Å²) in [6.07, 6.45) is 1.18. The summed E-state index contributed by atoms with van der Waals surface area (Å²) >= 11 is 0.956. The van der Waals surface area contributed by atoms with Crippen molar-refractivity contribution >= 4 is 51.0 Å². The molecule has 4 unspecified atom stereocenters. The highest BCUT2D eigenvalue weighted by molar-refractivity contribution is 7.98. The van der Waals surface area contributed by atoms with Crippen LogP contribution in [-0.4, -0.2) is 102 Å². The van der Waals surface area contributed by atoms with Gasteiger partial charge in [0.25, 0.3) is 11.8 Å². The Morgan fingerprint density at radius 3 is 2.05 bits per heavy atom. The van der Waals surface area contributed by atoms with Gasteiger partial charge in [-0.15, -0.1) is 0 Å². The SMILES string of the molecule is CC(OP(=O)(O)C(C)(C)OCCC(C)(C)OP(=O)(O)OC(C)(C)C)N(C)SC1CC(=O)N(CCN2C(=O)C=CC2=O)C1=O. The van der Waals surface area contributed by atoms with Gasteiger partial charge < -0.3 is 14.5 Å². The zero-order valence-corrected chi connectivity index (χ0v) is 28.6. The normalized spacial score (nSPS) is 22.1. The molecule has 246 valence electrons. The predicted octanol–water partition coefficient (Wildman–Crippen LogP) is 3.02. The molecular weight excluding hydrogens is 628 g/mol. The van der Waals surface area contributed by atoms with Crippen LogP contribution < -0.4 is 0 Å². The first-order valence-corrected chi connectivity index (χ1v) is 17.4. The van der Waals surface area contributed by atoms with Gasteiger partial charge in [-0.25, -0.2) is 8.87 Å². The molecule has 1 fully saturated rings. The number of rotatable bonds is 16. The Hall–Kier alpha value is -1.45. The standard InChI is InChI=1S/C25H43N3O12P2S/c1-17(26(9)43-18-16-21(31)28(22(18)32)14-13-27-19(29)10-11-20(27)30)38-41(33,34)25(7,8)37-15-12-24(5,6)40-42(35,36)39-23(2,3)4/h10-11,17-18H,12-16H2,1-9H3,(H,33,34)(H,35,36). The number of amides is 4. The lowest BCUT2D eigenvalue weighted by Crippen LogP contribution is -2.41.